The van der Waals surface area contributed by atoms with E-state index in [9.17, 15) is 14.0 Å². The van der Waals surface area contributed by atoms with Gasteiger partial charge in [0.15, 0.2) is 11.5 Å². The molecule has 30 heavy (non-hydrogen) atoms. The molecule has 0 radical (unpaired) electrons. The zero-order chi connectivity index (χ0) is 21.5. The maximum absolute atomic E-state index is 13.8. The van der Waals surface area contributed by atoms with Crippen molar-refractivity contribution in [1.82, 2.24) is 10.6 Å². The number of benzene rings is 2. The molecule has 3 aromatic rings. The van der Waals surface area contributed by atoms with Gasteiger partial charge in [0.2, 0.25) is 5.91 Å². The van der Waals surface area contributed by atoms with Gasteiger partial charge in [-0.05, 0) is 53.9 Å². The van der Waals surface area contributed by atoms with E-state index in [1.165, 1.54) is 24.5 Å². The summed E-state index contributed by atoms with van der Waals surface area (Å²) < 4.78 is 25.0. The van der Waals surface area contributed by atoms with Gasteiger partial charge in [-0.15, -0.1) is 11.3 Å². The molecule has 0 unspecified atom stereocenters. The quantitative estimate of drug-likeness (QED) is 0.545. The summed E-state index contributed by atoms with van der Waals surface area (Å²) >= 11 is 1.35. The average molecular weight is 431 g/mol. The van der Waals surface area contributed by atoms with Crippen LogP contribution >= 0.6 is 11.3 Å². The van der Waals surface area contributed by atoms with Crippen molar-refractivity contribution in [2.75, 3.05) is 26.8 Å². The highest BCUT2D eigenvalue weighted by Gasteiger charge is 2.13. The molecule has 0 aliphatic heterocycles. The minimum absolute atomic E-state index is 0.145. The number of methoxy groups -OCH3 is 1. The minimum Gasteiger partial charge on any atom is -0.493 e. The van der Waals surface area contributed by atoms with E-state index in [0.717, 1.165) is 10.9 Å². The first kappa shape index (κ1) is 21.6. The fourth-order valence-corrected chi connectivity index (χ4v) is 4.03. The Morgan fingerprint density at radius 1 is 1.13 bits per heavy atom. The number of carbonyl (C=O) groups excluding carboxylic acids is 2. The number of thiophene rings is 1. The molecule has 158 valence electrons. The lowest BCUT2D eigenvalue weighted by Gasteiger charge is -2.11. The van der Waals surface area contributed by atoms with E-state index < -0.39 is 0 Å². The van der Waals surface area contributed by atoms with Crippen LogP contribution < -0.4 is 20.1 Å². The summed E-state index contributed by atoms with van der Waals surface area (Å²) in [4.78, 5) is 24.4. The first-order valence-electron chi connectivity index (χ1n) is 9.53. The van der Waals surface area contributed by atoms with Crippen LogP contribution in [0.1, 0.15) is 22.8 Å². The SMILES string of the molecule is CCOc1ccc(C(=O)NCC(=O)NCCc2csc3c(F)cccc23)cc1OC. The number of hydrogen-bond acceptors (Lipinski definition) is 5. The lowest BCUT2D eigenvalue weighted by atomic mass is 10.1. The molecule has 6 nitrogen and oxygen atoms in total. The van der Waals surface area contributed by atoms with E-state index in [0.29, 0.717) is 41.3 Å². The smallest absolute Gasteiger partial charge is 0.251 e. The number of carbonyl (C=O) groups is 2. The van der Waals surface area contributed by atoms with Crippen LogP contribution in [0.4, 0.5) is 4.39 Å². The number of hydrogen-bond donors (Lipinski definition) is 2. The Morgan fingerprint density at radius 3 is 2.73 bits per heavy atom. The summed E-state index contributed by atoms with van der Waals surface area (Å²) in [7, 11) is 1.50. The number of fused-ring (bicyclic) bond motifs is 1. The van der Waals surface area contributed by atoms with E-state index >= 15 is 0 Å². The summed E-state index contributed by atoms with van der Waals surface area (Å²) in [5.41, 5.74) is 1.36. The van der Waals surface area contributed by atoms with Crippen molar-refractivity contribution in [2.45, 2.75) is 13.3 Å². The van der Waals surface area contributed by atoms with Crippen LogP contribution in [-0.2, 0) is 11.2 Å². The molecular weight excluding hydrogens is 407 g/mol. The Labute approximate surface area is 178 Å². The largest absolute Gasteiger partial charge is 0.493 e. The maximum atomic E-state index is 13.8. The van der Waals surface area contributed by atoms with E-state index in [4.69, 9.17) is 9.47 Å². The van der Waals surface area contributed by atoms with E-state index in [1.807, 2.05) is 18.4 Å². The van der Waals surface area contributed by atoms with Crippen LogP contribution in [0.3, 0.4) is 0 Å². The molecule has 0 aliphatic rings. The summed E-state index contributed by atoms with van der Waals surface area (Å²) in [5, 5.41) is 8.13. The molecule has 1 heterocycles. The van der Waals surface area contributed by atoms with Crippen LogP contribution in [0.15, 0.2) is 41.8 Å². The van der Waals surface area contributed by atoms with Gasteiger partial charge in [0.1, 0.15) is 5.82 Å². The number of amides is 2. The highest BCUT2D eigenvalue weighted by Crippen LogP contribution is 2.29. The van der Waals surface area contributed by atoms with Gasteiger partial charge in [-0.25, -0.2) is 4.39 Å². The number of ether oxygens (including phenoxy) is 2. The van der Waals surface area contributed by atoms with Gasteiger partial charge in [-0.2, -0.15) is 0 Å². The Bertz CT molecular complexity index is 1050. The minimum atomic E-state index is -0.384. The molecule has 0 saturated carbocycles. The second kappa shape index (κ2) is 10.1. The zero-order valence-electron chi connectivity index (χ0n) is 16.8. The third kappa shape index (κ3) is 5.07. The fourth-order valence-electron chi connectivity index (χ4n) is 3.01. The van der Waals surface area contributed by atoms with Crippen LogP contribution in [0.2, 0.25) is 0 Å². The second-order valence-corrected chi connectivity index (χ2v) is 7.34. The normalized spacial score (nSPS) is 10.6. The first-order chi connectivity index (χ1) is 14.5. The molecule has 2 aromatic carbocycles. The second-order valence-electron chi connectivity index (χ2n) is 6.46. The molecule has 8 heteroatoms. The number of halogens is 1. The van der Waals surface area contributed by atoms with Gasteiger partial charge in [0, 0.05) is 12.1 Å². The molecule has 0 atom stereocenters. The Morgan fingerprint density at radius 2 is 1.97 bits per heavy atom. The molecule has 0 bridgehead atoms. The molecular formula is C22H23FN2O4S. The van der Waals surface area contributed by atoms with Gasteiger partial charge >= 0.3 is 0 Å². The standard InChI is InChI=1S/C22H23FN2O4S/c1-3-29-18-8-7-14(11-19(18)28-2)22(27)25-12-20(26)24-10-9-15-13-30-21-16(15)5-4-6-17(21)23/h4-8,11,13H,3,9-10,12H2,1-2H3,(H,24,26)(H,25,27). The van der Waals surface area contributed by atoms with E-state index in [1.54, 1.807) is 24.3 Å². The van der Waals surface area contributed by atoms with E-state index in [2.05, 4.69) is 10.6 Å². The third-order valence-electron chi connectivity index (χ3n) is 4.48. The van der Waals surface area contributed by atoms with Crippen molar-refractivity contribution in [3.05, 3.63) is 58.7 Å². The Hall–Kier alpha value is -3.13. The van der Waals surface area contributed by atoms with Crippen LogP contribution in [0, 0.1) is 5.82 Å². The lowest BCUT2D eigenvalue weighted by Crippen LogP contribution is -2.37. The topological polar surface area (TPSA) is 76.7 Å². The summed E-state index contributed by atoms with van der Waals surface area (Å²) in [5.74, 6) is 0.0858. The van der Waals surface area contributed by atoms with Crippen molar-refractivity contribution < 1.29 is 23.5 Å². The molecule has 3 rings (SSSR count). The molecule has 1 aromatic heterocycles. The van der Waals surface area contributed by atoms with Crippen LogP contribution in [0.5, 0.6) is 11.5 Å². The molecule has 0 aliphatic carbocycles. The molecule has 0 saturated heterocycles. The fraction of sp³-hybridized carbons (Fsp3) is 0.273. The van der Waals surface area contributed by atoms with Crippen molar-refractivity contribution in [1.29, 1.82) is 0 Å². The van der Waals surface area contributed by atoms with Gasteiger partial charge in [0.05, 0.1) is 25.0 Å². The third-order valence-corrected chi connectivity index (χ3v) is 5.54. The molecule has 2 amide bonds. The summed E-state index contributed by atoms with van der Waals surface area (Å²) in [6.45, 7) is 2.59. The van der Waals surface area contributed by atoms with Crippen molar-refractivity contribution in [3.8, 4) is 11.5 Å². The van der Waals surface area contributed by atoms with Gasteiger partial charge in [-0.3, -0.25) is 9.59 Å². The van der Waals surface area contributed by atoms with Crippen molar-refractivity contribution in [3.63, 3.8) is 0 Å². The van der Waals surface area contributed by atoms with Gasteiger partial charge in [0.25, 0.3) is 5.91 Å². The highest BCUT2D eigenvalue weighted by atomic mass is 32.1. The number of rotatable bonds is 9. The highest BCUT2D eigenvalue weighted by molar-refractivity contribution is 7.17. The Kier molecular flexibility index (Phi) is 7.24. The monoisotopic (exact) mass is 430 g/mol. The summed E-state index contributed by atoms with van der Waals surface area (Å²) in [6.07, 6.45) is 0.583. The van der Waals surface area contributed by atoms with Gasteiger partial charge < -0.3 is 20.1 Å². The molecule has 0 fully saturated rings. The van der Waals surface area contributed by atoms with Crippen molar-refractivity contribution in [2.24, 2.45) is 0 Å². The predicted octanol–water partition coefficient (Wildman–Crippen LogP) is 3.54. The van der Waals surface area contributed by atoms with Gasteiger partial charge in [-0.1, -0.05) is 12.1 Å². The average Bonchev–Trinajstić information content (AvgIpc) is 3.17. The van der Waals surface area contributed by atoms with E-state index in [-0.39, 0.29) is 24.2 Å². The van der Waals surface area contributed by atoms with Crippen LogP contribution in [-0.4, -0.2) is 38.6 Å². The molecule has 2 N–H and O–H groups in total. The maximum Gasteiger partial charge on any atom is 0.251 e. The van der Waals surface area contributed by atoms with Crippen LogP contribution in [0.25, 0.3) is 10.1 Å². The predicted molar refractivity (Wildman–Crippen MR) is 115 cm³/mol. The molecule has 0 spiro atoms. The lowest BCUT2D eigenvalue weighted by molar-refractivity contribution is -0.120. The summed E-state index contributed by atoms with van der Waals surface area (Å²) in [6, 6.07) is 9.83. The first-order valence-corrected chi connectivity index (χ1v) is 10.4. The van der Waals surface area contributed by atoms with Crippen molar-refractivity contribution >= 4 is 33.2 Å². The Balaban J connectivity index is 1.48. The zero-order valence-corrected chi connectivity index (χ0v) is 17.6. The number of nitrogens with one attached hydrogen (secondary N) is 2.